The zero-order chi connectivity index (χ0) is 39.3. The van der Waals surface area contributed by atoms with Crippen LogP contribution in [0.5, 0.6) is 23.0 Å². The third-order valence-electron chi connectivity index (χ3n) is 9.16. The van der Waals surface area contributed by atoms with Crippen LogP contribution in [0.4, 0.5) is 11.4 Å². The number of hydrogen-bond acceptors (Lipinski definition) is 10. The zero-order valence-electron chi connectivity index (χ0n) is 30.0. The Hall–Kier alpha value is -5.54. The number of ether oxygens (including phenoxy) is 2. The molecule has 14 heteroatoms. The van der Waals surface area contributed by atoms with Crippen LogP contribution in [0.2, 0.25) is 0 Å². The van der Waals surface area contributed by atoms with Gasteiger partial charge >= 0.3 is 0 Å². The second kappa shape index (κ2) is 14.4. The molecule has 0 unspecified atom stereocenters. The molecule has 0 saturated heterocycles. The van der Waals surface area contributed by atoms with E-state index in [1.54, 1.807) is 62.4 Å². The van der Waals surface area contributed by atoms with Gasteiger partial charge in [-0.1, -0.05) is 13.8 Å². The minimum atomic E-state index is -4.87. The summed E-state index contributed by atoms with van der Waals surface area (Å²) in [7, 11) is -9.73. The Morgan fingerprint density at radius 2 is 0.926 bits per heavy atom. The fraction of sp³-hybridized carbons (Fsp3) is 0.200. The van der Waals surface area contributed by atoms with E-state index in [9.17, 15) is 36.2 Å². The normalized spacial score (nSPS) is 12.0. The smallest absolute Gasteiger partial charge is 0.295 e. The summed E-state index contributed by atoms with van der Waals surface area (Å²) >= 11 is 0. The van der Waals surface area contributed by atoms with Gasteiger partial charge in [0.15, 0.2) is 0 Å². The van der Waals surface area contributed by atoms with E-state index in [2.05, 4.69) is 0 Å². The fourth-order valence-corrected chi connectivity index (χ4v) is 8.18. The standard InChI is InChI=1S/C40H40N2O10S2/c1-5-11-51-33-19-29(21(3)13-31(33)37-35(53(45,46)47)17-23-15-25(41)7-9-27(23)39(37)43)30-20-34(52-12-6-2)32(14-22(30)4)38-36(54(48,49)50)18-24-16-26(42)8-10-28(24)40(38)44/h7-10,13-20,43-44H,5-6,11-12,41-42H2,1-4H3,(H,45,46,47)(H,48,49,50). The van der Waals surface area contributed by atoms with Crippen LogP contribution in [0.1, 0.15) is 37.8 Å². The summed E-state index contributed by atoms with van der Waals surface area (Å²) in [6, 6.07) is 18.5. The summed E-state index contributed by atoms with van der Waals surface area (Å²) in [5, 5.41) is 24.4. The minimum absolute atomic E-state index is 0.152. The number of phenolic OH excluding ortho intramolecular Hbond substituents is 2. The molecule has 0 aliphatic heterocycles. The number of phenols is 2. The Balaban J connectivity index is 1.63. The Morgan fingerprint density at radius 1 is 0.556 bits per heavy atom. The van der Waals surface area contributed by atoms with Gasteiger partial charge in [-0.2, -0.15) is 16.8 Å². The highest BCUT2D eigenvalue weighted by Gasteiger charge is 2.29. The third kappa shape index (κ3) is 7.08. The Kier molecular flexibility index (Phi) is 10.2. The number of rotatable bonds is 11. The average Bonchev–Trinajstić information content (AvgIpc) is 3.09. The minimum Gasteiger partial charge on any atom is -0.507 e. The van der Waals surface area contributed by atoms with E-state index in [0.717, 1.165) is 0 Å². The number of anilines is 2. The van der Waals surface area contributed by atoms with Gasteiger partial charge < -0.3 is 31.2 Å². The molecule has 0 spiro atoms. The van der Waals surface area contributed by atoms with Crippen molar-refractivity contribution in [1.82, 2.24) is 0 Å². The van der Waals surface area contributed by atoms with Gasteiger partial charge in [0.05, 0.1) is 13.2 Å². The summed E-state index contributed by atoms with van der Waals surface area (Å²) in [4.78, 5) is -1.06. The molecule has 0 heterocycles. The highest BCUT2D eigenvalue weighted by atomic mass is 32.2. The van der Waals surface area contributed by atoms with Crippen molar-refractivity contribution in [1.29, 1.82) is 0 Å². The maximum absolute atomic E-state index is 12.8. The lowest BCUT2D eigenvalue weighted by Crippen LogP contribution is -2.05. The van der Waals surface area contributed by atoms with Crippen molar-refractivity contribution in [2.45, 2.75) is 50.3 Å². The van der Waals surface area contributed by atoms with Crippen LogP contribution in [-0.2, 0) is 20.2 Å². The van der Waals surface area contributed by atoms with Crippen LogP contribution in [0.15, 0.2) is 82.6 Å². The molecule has 0 amide bonds. The first-order chi connectivity index (χ1) is 25.4. The molecule has 0 aromatic heterocycles. The van der Waals surface area contributed by atoms with Crippen molar-refractivity contribution >= 4 is 53.2 Å². The maximum Gasteiger partial charge on any atom is 0.295 e. The number of fused-ring (bicyclic) bond motifs is 2. The van der Waals surface area contributed by atoms with E-state index in [-0.39, 0.29) is 47.0 Å². The van der Waals surface area contributed by atoms with E-state index >= 15 is 0 Å². The molecule has 6 aromatic carbocycles. The molecule has 8 N–H and O–H groups in total. The van der Waals surface area contributed by atoms with Crippen molar-refractivity contribution in [3.8, 4) is 56.4 Å². The van der Waals surface area contributed by atoms with Crippen LogP contribution in [0.25, 0.3) is 54.9 Å². The number of aromatic hydroxyl groups is 2. The quantitative estimate of drug-likeness (QED) is 0.0541. The van der Waals surface area contributed by atoms with Crippen molar-refractivity contribution in [3.63, 3.8) is 0 Å². The van der Waals surface area contributed by atoms with E-state index in [0.29, 0.717) is 68.0 Å². The molecule has 0 atom stereocenters. The molecule has 282 valence electrons. The second-order valence-corrected chi connectivity index (χ2v) is 15.9. The van der Waals surface area contributed by atoms with Crippen LogP contribution in [0, 0.1) is 13.8 Å². The van der Waals surface area contributed by atoms with Gasteiger partial charge in [-0.15, -0.1) is 0 Å². The Labute approximate surface area is 313 Å². The van der Waals surface area contributed by atoms with Crippen molar-refractivity contribution in [2.24, 2.45) is 0 Å². The molecule has 0 saturated carbocycles. The molecular formula is C40H40N2O10S2. The molecule has 6 rings (SSSR count). The van der Waals surface area contributed by atoms with Crippen LogP contribution in [-0.4, -0.2) is 49.4 Å². The number of hydrogen-bond donors (Lipinski definition) is 6. The molecule has 6 aromatic rings. The fourth-order valence-electron chi connectivity index (χ4n) is 6.70. The lowest BCUT2D eigenvalue weighted by molar-refractivity contribution is 0.318. The molecule has 54 heavy (non-hydrogen) atoms. The highest BCUT2D eigenvalue weighted by molar-refractivity contribution is 7.86. The summed E-state index contributed by atoms with van der Waals surface area (Å²) < 4.78 is 84.3. The van der Waals surface area contributed by atoms with Gasteiger partial charge in [0.2, 0.25) is 0 Å². The van der Waals surface area contributed by atoms with Crippen molar-refractivity contribution < 1.29 is 45.6 Å². The lowest BCUT2D eigenvalue weighted by atomic mass is 9.89. The van der Waals surface area contributed by atoms with Crippen LogP contribution < -0.4 is 20.9 Å². The Morgan fingerprint density at radius 3 is 1.26 bits per heavy atom. The molecule has 0 radical (unpaired) electrons. The van der Waals surface area contributed by atoms with E-state index in [1.807, 2.05) is 13.8 Å². The van der Waals surface area contributed by atoms with Gasteiger partial charge in [0.1, 0.15) is 32.8 Å². The number of nitrogens with two attached hydrogens (primary N) is 2. The predicted molar refractivity (Wildman–Crippen MR) is 211 cm³/mol. The first-order valence-corrected chi connectivity index (χ1v) is 19.9. The first kappa shape index (κ1) is 38.2. The van der Waals surface area contributed by atoms with Crippen molar-refractivity contribution in [2.75, 3.05) is 24.7 Å². The molecule has 12 nitrogen and oxygen atoms in total. The summed E-state index contributed by atoms with van der Waals surface area (Å²) in [5.41, 5.74) is 15.1. The average molecular weight is 773 g/mol. The molecule has 0 aliphatic carbocycles. The summed E-state index contributed by atoms with van der Waals surface area (Å²) in [5.74, 6) is -0.354. The Bertz CT molecular complexity index is 2520. The SMILES string of the molecule is CCCOc1cc(-c2cc(OCCC)c(-c3c(S(=O)(=O)O)cc4cc(N)ccc4c3O)cc2C)c(C)cc1-c1c(S(=O)(=O)O)cc2cc(N)ccc2c1O. The van der Waals surface area contributed by atoms with E-state index < -0.39 is 41.5 Å². The number of aryl methyl sites for hydroxylation is 2. The summed E-state index contributed by atoms with van der Waals surface area (Å²) in [6.45, 7) is 7.82. The lowest BCUT2D eigenvalue weighted by Gasteiger charge is -2.22. The maximum atomic E-state index is 12.8. The second-order valence-electron chi connectivity index (χ2n) is 13.1. The van der Waals surface area contributed by atoms with Gasteiger partial charge in [-0.3, -0.25) is 9.11 Å². The third-order valence-corrected chi connectivity index (χ3v) is 10.9. The number of nitrogen functional groups attached to an aromatic ring is 2. The van der Waals surface area contributed by atoms with Gasteiger partial charge in [-0.25, -0.2) is 0 Å². The van der Waals surface area contributed by atoms with Crippen LogP contribution in [0.3, 0.4) is 0 Å². The molecular weight excluding hydrogens is 733 g/mol. The topological polar surface area (TPSA) is 220 Å². The van der Waals surface area contributed by atoms with Gasteiger partial charge in [0, 0.05) is 44.4 Å². The monoisotopic (exact) mass is 772 g/mol. The highest BCUT2D eigenvalue weighted by Crippen LogP contribution is 2.50. The van der Waals surface area contributed by atoms with Gasteiger partial charge in [0.25, 0.3) is 20.2 Å². The molecule has 0 fully saturated rings. The molecule has 0 bridgehead atoms. The zero-order valence-corrected chi connectivity index (χ0v) is 31.6. The predicted octanol–water partition coefficient (Wildman–Crippen LogP) is 8.26. The molecule has 0 aliphatic rings. The summed E-state index contributed by atoms with van der Waals surface area (Å²) in [6.07, 6.45) is 1.19. The largest absolute Gasteiger partial charge is 0.507 e. The first-order valence-electron chi connectivity index (χ1n) is 17.1. The van der Waals surface area contributed by atoms with E-state index in [4.69, 9.17) is 20.9 Å². The van der Waals surface area contributed by atoms with Crippen LogP contribution >= 0.6 is 0 Å². The van der Waals surface area contributed by atoms with Gasteiger partial charge in [-0.05, 0) is 133 Å². The number of benzene rings is 6. The van der Waals surface area contributed by atoms with E-state index in [1.165, 1.54) is 24.3 Å². The van der Waals surface area contributed by atoms with Crippen molar-refractivity contribution in [3.05, 3.63) is 83.9 Å².